The van der Waals surface area contributed by atoms with Crippen LogP contribution in [0.2, 0.25) is 0 Å². The van der Waals surface area contributed by atoms with E-state index in [9.17, 15) is 4.39 Å². The van der Waals surface area contributed by atoms with Crippen molar-refractivity contribution in [1.82, 2.24) is 9.97 Å². The van der Waals surface area contributed by atoms with Crippen LogP contribution < -0.4 is 10.6 Å². The molecule has 0 aliphatic heterocycles. The second-order valence-electron chi connectivity index (χ2n) is 4.30. The van der Waals surface area contributed by atoms with Crippen LogP contribution in [0.15, 0.2) is 35.5 Å². The Kier molecular flexibility index (Phi) is 4.79. The van der Waals surface area contributed by atoms with E-state index in [1.54, 1.807) is 6.07 Å². The fourth-order valence-corrected chi connectivity index (χ4v) is 2.18. The molecule has 1 aromatic carbocycles. The molecule has 0 saturated heterocycles. The molecule has 0 spiro atoms. The molecule has 1 unspecified atom stereocenters. The van der Waals surface area contributed by atoms with E-state index in [1.165, 1.54) is 23.9 Å². The molecule has 4 nitrogen and oxygen atoms in total. The van der Waals surface area contributed by atoms with Gasteiger partial charge in [0.25, 0.3) is 0 Å². The van der Waals surface area contributed by atoms with E-state index in [2.05, 4.69) is 20.6 Å². The summed E-state index contributed by atoms with van der Waals surface area (Å²) >= 11 is 1.48. The first-order valence-corrected chi connectivity index (χ1v) is 7.47. The Bertz CT molecular complexity index is 569. The fraction of sp³-hybridized carbons (Fsp3) is 0.286. The van der Waals surface area contributed by atoms with Gasteiger partial charge in [0.2, 0.25) is 0 Å². The lowest BCUT2D eigenvalue weighted by Gasteiger charge is -2.16. The number of halogens is 1. The van der Waals surface area contributed by atoms with Crippen LogP contribution in [0.5, 0.6) is 0 Å². The molecule has 0 aliphatic carbocycles. The number of hydrogen-bond donors (Lipinski definition) is 2. The standard InChI is InChI=1S/C14H17FN4S/c1-9(10-5-4-6-11(15)7-10)17-13-8-12(16-2)18-14(19-13)20-3/h4-9H,1-3H3,(H2,16,17,18,19). The average Bonchev–Trinajstić information content (AvgIpc) is 2.46. The topological polar surface area (TPSA) is 49.8 Å². The van der Waals surface area contributed by atoms with Gasteiger partial charge in [-0.1, -0.05) is 23.9 Å². The summed E-state index contributed by atoms with van der Waals surface area (Å²) in [5.41, 5.74) is 0.875. The van der Waals surface area contributed by atoms with Crippen LogP contribution in [0.4, 0.5) is 16.0 Å². The summed E-state index contributed by atoms with van der Waals surface area (Å²) in [6, 6.07) is 8.33. The lowest BCUT2D eigenvalue weighted by Crippen LogP contribution is -2.09. The third-order valence-electron chi connectivity index (χ3n) is 2.86. The Hall–Kier alpha value is -1.82. The van der Waals surface area contributed by atoms with Crippen molar-refractivity contribution in [3.05, 3.63) is 41.7 Å². The van der Waals surface area contributed by atoms with Gasteiger partial charge in [0.05, 0.1) is 6.04 Å². The van der Waals surface area contributed by atoms with Crippen molar-refractivity contribution in [3.8, 4) is 0 Å². The summed E-state index contributed by atoms with van der Waals surface area (Å²) in [7, 11) is 1.81. The molecule has 106 valence electrons. The third kappa shape index (κ3) is 3.60. The minimum atomic E-state index is -0.237. The highest BCUT2D eigenvalue weighted by atomic mass is 32.2. The molecular weight excluding hydrogens is 275 g/mol. The normalized spacial score (nSPS) is 12.0. The predicted octanol–water partition coefficient (Wildman–Crippen LogP) is 3.55. The van der Waals surface area contributed by atoms with Crippen LogP contribution in [0.1, 0.15) is 18.5 Å². The number of nitrogens with zero attached hydrogens (tertiary/aromatic N) is 2. The van der Waals surface area contributed by atoms with Crippen molar-refractivity contribution in [2.45, 2.75) is 18.1 Å². The first kappa shape index (κ1) is 14.6. The molecule has 1 atom stereocenters. The molecule has 0 bridgehead atoms. The molecule has 0 amide bonds. The molecule has 1 heterocycles. The smallest absolute Gasteiger partial charge is 0.191 e. The van der Waals surface area contributed by atoms with Gasteiger partial charge in [0, 0.05) is 13.1 Å². The molecule has 20 heavy (non-hydrogen) atoms. The fourth-order valence-electron chi connectivity index (χ4n) is 1.80. The minimum Gasteiger partial charge on any atom is -0.373 e. The zero-order chi connectivity index (χ0) is 14.5. The van der Waals surface area contributed by atoms with Crippen molar-refractivity contribution < 1.29 is 4.39 Å². The predicted molar refractivity (Wildman–Crippen MR) is 81.8 cm³/mol. The Morgan fingerprint density at radius 1 is 1.20 bits per heavy atom. The van der Waals surface area contributed by atoms with E-state index >= 15 is 0 Å². The maximum atomic E-state index is 13.2. The van der Waals surface area contributed by atoms with E-state index < -0.39 is 0 Å². The molecule has 2 N–H and O–H groups in total. The van der Waals surface area contributed by atoms with Gasteiger partial charge in [-0.15, -0.1) is 0 Å². The Morgan fingerprint density at radius 3 is 2.60 bits per heavy atom. The summed E-state index contributed by atoms with van der Waals surface area (Å²) in [5.74, 6) is 1.23. The van der Waals surface area contributed by atoms with Gasteiger partial charge < -0.3 is 10.6 Å². The van der Waals surface area contributed by atoms with E-state index in [4.69, 9.17) is 0 Å². The molecule has 0 fully saturated rings. The quantitative estimate of drug-likeness (QED) is 0.652. The maximum absolute atomic E-state index is 13.2. The molecule has 6 heteroatoms. The van der Waals surface area contributed by atoms with Crippen LogP contribution >= 0.6 is 11.8 Å². The molecule has 1 aromatic heterocycles. The number of nitrogens with one attached hydrogen (secondary N) is 2. The Balaban J connectivity index is 2.20. The highest BCUT2D eigenvalue weighted by Crippen LogP contribution is 2.22. The van der Waals surface area contributed by atoms with Gasteiger partial charge in [-0.05, 0) is 30.9 Å². The van der Waals surface area contributed by atoms with Gasteiger partial charge in [-0.25, -0.2) is 14.4 Å². The van der Waals surface area contributed by atoms with Gasteiger partial charge >= 0.3 is 0 Å². The zero-order valence-corrected chi connectivity index (χ0v) is 12.5. The largest absolute Gasteiger partial charge is 0.373 e. The van der Waals surface area contributed by atoms with Gasteiger partial charge in [-0.3, -0.25) is 0 Å². The number of anilines is 2. The summed E-state index contributed by atoms with van der Waals surface area (Å²) in [6.07, 6.45) is 1.93. The number of rotatable bonds is 5. The summed E-state index contributed by atoms with van der Waals surface area (Å²) < 4.78 is 13.2. The van der Waals surface area contributed by atoms with Crippen LogP contribution in [0.3, 0.4) is 0 Å². The lowest BCUT2D eigenvalue weighted by molar-refractivity contribution is 0.623. The molecular formula is C14H17FN4S. The second kappa shape index (κ2) is 6.56. The van der Waals surface area contributed by atoms with Gasteiger partial charge in [0.15, 0.2) is 5.16 Å². The van der Waals surface area contributed by atoms with Crippen LogP contribution in [-0.2, 0) is 0 Å². The first-order chi connectivity index (χ1) is 9.62. The Labute approximate surface area is 122 Å². The van der Waals surface area contributed by atoms with Crippen LogP contribution in [0.25, 0.3) is 0 Å². The molecule has 0 saturated carbocycles. The average molecular weight is 292 g/mol. The first-order valence-electron chi connectivity index (χ1n) is 6.25. The van der Waals surface area contributed by atoms with E-state index in [-0.39, 0.29) is 11.9 Å². The highest BCUT2D eigenvalue weighted by molar-refractivity contribution is 7.98. The van der Waals surface area contributed by atoms with Crippen molar-refractivity contribution in [3.63, 3.8) is 0 Å². The van der Waals surface area contributed by atoms with Crippen molar-refractivity contribution >= 4 is 23.4 Å². The monoisotopic (exact) mass is 292 g/mol. The third-order valence-corrected chi connectivity index (χ3v) is 3.41. The SMILES string of the molecule is CNc1cc(NC(C)c2cccc(F)c2)nc(SC)n1. The summed E-state index contributed by atoms with van der Waals surface area (Å²) in [4.78, 5) is 8.70. The number of aromatic nitrogens is 2. The van der Waals surface area contributed by atoms with Crippen LogP contribution in [0, 0.1) is 5.82 Å². The molecule has 2 rings (SSSR count). The number of benzene rings is 1. The van der Waals surface area contributed by atoms with E-state index in [0.717, 1.165) is 11.4 Å². The van der Waals surface area contributed by atoms with Crippen molar-refractivity contribution in [1.29, 1.82) is 0 Å². The zero-order valence-electron chi connectivity index (χ0n) is 11.6. The van der Waals surface area contributed by atoms with Gasteiger partial charge in [-0.2, -0.15) is 0 Å². The van der Waals surface area contributed by atoms with E-state index in [1.807, 2.05) is 32.4 Å². The number of hydrogen-bond acceptors (Lipinski definition) is 5. The van der Waals surface area contributed by atoms with Crippen molar-refractivity contribution in [2.75, 3.05) is 23.9 Å². The van der Waals surface area contributed by atoms with Crippen LogP contribution in [-0.4, -0.2) is 23.3 Å². The highest BCUT2D eigenvalue weighted by Gasteiger charge is 2.09. The van der Waals surface area contributed by atoms with Gasteiger partial charge in [0.1, 0.15) is 17.5 Å². The lowest BCUT2D eigenvalue weighted by atomic mass is 10.1. The maximum Gasteiger partial charge on any atom is 0.191 e. The summed E-state index contributed by atoms with van der Waals surface area (Å²) in [6.45, 7) is 1.97. The number of thioether (sulfide) groups is 1. The Morgan fingerprint density at radius 2 is 1.95 bits per heavy atom. The minimum absolute atomic E-state index is 0.0417. The summed E-state index contributed by atoms with van der Waals surface area (Å²) in [5, 5.41) is 6.95. The molecule has 0 radical (unpaired) electrons. The molecule has 0 aliphatic rings. The molecule has 2 aromatic rings. The van der Waals surface area contributed by atoms with Crippen molar-refractivity contribution in [2.24, 2.45) is 0 Å². The van der Waals surface area contributed by atoms with E-state index in [0.29, 0.717) is 11.0 Å². The second-order valence-corrected chi connectivity index (χ2v) is 5.07.